The normalized spacial score (nSPS) is 26.0. The summed E-state index contributed by atoms with van der Waals surface area (Å²) < 4.78 is 4.70. The van der Waals surface area contributed by atoms with Crippen molar-refractivity contribution in [2.45, 2.75) is 45.6 Å². The summed E-state index contributed by atoms with van der Waals surface area (Å²) >= 11 is 0. The van der Waals surface area contributed by atoms with Crippen molar-refractivity contribution in [1.29, 1.82) is 0 Å². The lowest BCUT2D eigenvalue weighted by atomic mass is 9.80. The molecule has 0 spiro atoms. The second kappa shape index (κ2) is 7.70. The molecule has 6 heteroatoms. The van der Waals surface area contributed by atoms with Gasteiger partial charge in [0.2, 0.25) is 0 Å². The summed E-state index contributed by atoms with van der Waals surface area (Å²) in [5.41, 5.74) is 0. The highest BCUT2D eigenvalue weighted by molar-refractivity contribution is 5.75. The van der Waals surface area contributed by atoms with E-state index in [1.807, 2.05) is 0 Å². The van der Waals surface area contributed by atoms with Gasteiger partial charge in [-0.1, -0.05) is 13.8 Å². The Balaban J connectivity index is 1.72. The minimum atomic E-state index is -0.313. The van der Waals surface area contributed by atoms with Crippen LogP contribution in [0.25, 0.3) is 0 Å². The third kappa shape index (κ3) is 4.27. The van der Waals surface area contributed by atoms with Gasteiger partial charge in [0.15, 0.2) is 0 Å². The first kappa shape index (κ1) is 16.9. The number of hydrogen-bond acceptors (Lipinski definition) is 3. The fraction of sp³-hybridized carbons (Fsp3) is 0.875. The van der Waals surface area contributed by atoms with Gasteiger partial charge in [0.05, 0.1) is 7.11 Å². The number of ether oxygens (including phenoxy) is 1. The Hall–Kier alpha value is -1.46. The van der Waals surface area contributed by atoms with E-state index in [2.05, 4.69) is 19.2 Å². The zero-order valence-corrected chi connectivity index (χ0v) is 14.0. The topological polar surface area (TPSA) is 61.9 Å². The molecule has 0 atom stereocenters. The average molecular weight is 311 g/mol. The lowest BCUT2D eigenvalue weighted by Crippen LogP contribution is -2.54. The second-order valence-electron chi connectivity index (χ2n) is 6.75. The quantitative estimate of drug-likeness (QED) is 0.851. The van der Waals surface area contributed by atoms with Crippen molar-refractivity contribution >= 4 is 12.1 Å². The van der Waals surface area contributed by atoms with Crippen LogP contribution in [0.5, 0.6) is 0 Å². The van der Waals surface area contributed by atoms with Gasteiger partial charge in [-0.25, -0.2) is 9.59 Å². The van der Waals surface area contributed by atoms with E-state index in [9.17, 15) is 9.59 Å². The van der Waals surface area contributed by atoms with Crippen molar-refractivity contribution in [1.82, 2.24) is 15.1 Å². The van der Waals surface area contributed by atoms with E-state index in [1.54, 1.807) is 9.80 Å². The molecule has 2 rings (SSSR count). The summed E-state index contributed by atoms with van der Waals surface area (Å²) in [4.78, 5) is 27.2. The predicted octanol–water partition coefficient (Wildman–Crippen LogP) is 2.29. The molecular formula is C16H29N3O3. The van der Waals surface area contributed by atoms with Crippen molar-refractivity contribution in [2.24, 2.45) is 11.8 Å². The SMILES string of the molecule is COC(=O)N1CCN(C(=O)N[C@H]2CC[C@H](C(C)C)CC2)CC1. The zero-order valence-electron chi connectivity index (χ0n) is 14.0. The lowest BCUT2D eigenvalue weighted by Gasteiger charge is -2.36. The molecule has 6 nitrogen and oxygen atoms in total. The number of carbonyl (C=O) groups excluding carboxylic acids is 2. The molecule has 1 saturated carbocycles. The first-order valence-corrected chi connectivity index (χ1v) is 8.39. The Morgan fingerprint density at radius 1 is 1.00 bits per heavy atom. The van der Waals surface area contributed by atoms with Gasteiger partial charge >= 0.3 is 12.1 Å². The number of hydrogen-bond donors (Lipinski definition) is 1. The van der Waals surface area contributed by atoms with E-state index in [0.29, 0.717) is 32.2 Å². The van der Waals surface area contributed by atoms with Gasteiger partial charge in [0.25, 0.3) is 0 Å². The summed E-state index contributed by atoms with van der Waals surface area (Å²) in [6.07, 6.45) is 4.26. The van der Waals surface area contributed by atoms with Gasteiger partial charge in [-0.2, -0.15) is 0 Å². The molecule has 0 unspecified atom stereocenters. The molecule has 3 amide bonds. The van der Waals surface area contributed by atoms with Crippen LogP contribution in [0.4, 0.5) is 9.59 Å². The smallest absolute Gasteiger partial charge is 0.409 e. The molecule has 1 aliphatic carbocycles. The maximum atomic E-state index is 12.3. The molecule has 0 radical (unpaired) electrons. The van der Waals surface area contributed by atoms with Crippen LogP contribution < -0.4 is 5.32 Å². The van der Waals surface area contributed by atoms with Crippen LogP contribution in [0, 0.1) is 11.8 Å². The number of methoxy groups -OCH3 is 1. The van der Waals surface area contributed by atoms with E-state index in [4.69, 9.17) is 4.74 Å². The third-order valence-corrected chi connectivity index (χ3v) is 5.04. The Morgan fingerprint density at radius 3 is 2.05 bits per heavy atom. The maximum Gasteiger partial charge on any atom is 0.409 e. The Bertz CT molecular complexity index is 384. The molecule has 1 aliphatic heterocycles. The van der Waals surface area contributed by atoms with Crippen LogP contribution in [-0.4, -0.2) is 61.3 Å². The lowest BCUT2D eigenvalue weighted by molar-refractivity contribution is 0.0958. The van der Waals surface area contributed by atoms with E-state index in [-0.39, 0.29) is 12.1 Å². The molecule has 2 fully saturated rings. The highest BCUT2D eigenvalue weighted by Gasteiger charge is 2.28. The number of carbonyl (C=O) groups is 2. The minimum Gasteiger partial charge on any atom is -0.453 e. The van der Waals surface area contributed by atoms with Crippen LogP contribution in [0.1, 0.15) is 39.5 Å². The van der Waals surface area contributed by atoms with Crippen molar-refractivity contribution < 1.29 is 14.3 Å². The standard InChI is InChI=1S/C16H29N3O3/c1-12(2)13-4-6-14(7-5-13)17-15(20)18-8-10-19(11-9-18)16(21)22-3/h12-14H,4-11H2,1-3H3,(H,17,20)/t13-,14-. The summed E-state index contributed by atoms with van der Waals surface area (Å²) in [5, 5.41) is 3.16. The molecular weight excluding hydrogens is 282 g/mol. The molecule has 0 aromatic heterocycles. The predicted molar refractivity (Wildman–Crippen MR) is 84.7 cm³/mol. The summed E-state index contributed by atoms with van der Waals surface area (Å²) in [7, 11) is 1.38. The van der Waals surface area contributed by atoms with Gasteiger partial charge in [-0.15, -0.1) is 0 Å². The first-order chi connectivity index (χ1) is 10.5. The minimum absolute atomic E-state index is 0.0116. The average Bonchev–Trinajstić information content (AvgIpc) is 2.54. The Kier molecular flexibility index (Phi) is 5.91. The Labute approximate surface area is 133 Å². The van der Waals surface area contributed by atoms with Crippen LogP contribution in [0.15, 0.2) is 0 Å². The highest BCUT2D eigenvalue weighted by atomic mass is 16.5. The van der Waals surface area contributed by atoms with Gasteiger partial charge in [-0.3, -0.25) is 0 Å². The molecule has 1 saturated heterocycles. The van der Waals surface area contributed by atoms with Gasteiger partial charge in [0, 0.05) is 32.2 Å². The largest absolute Gasteiger partial charge is 0.453 e. The monoisotopic (exact) mass is 311 g/mol. The van der Waals surface area contributed by atoms with Gasteiger partial charge in [-0.05, 0) is 37.5 Å². The van der Waals surface area contributed by atoms with Crippen LogP contribution >= 0.6 is 0 Å². The molecule has 2 aliphatic rings. The van der Waals surface area contributed by atoms with Gasteiger partial charge in [0.1, 0.15) is 0 Å². The van der Waals surface area contributed by atoms with Crippen molar-refractivity contribution in [3.8, 4) is 0 Å². The number of rotatable bonds is 2. The molecule has 0 aromatic carbocycles. The van der Waals surface area contributed by atoms with Crippen molar-refractivity contribution in [2.75, 3.05) is 33.3 Å². The summed E-state index contributed by atoms with van der Waals surface area (Å²) in [6.45, 7) is 6.79. The second-order valence-corrected chi connectivity index (χ2v) is 6.75. The van der Waals surface area contributed by atoms with Crippen LogP contribution in [-0.2, 0) is 4.74 Å². The Morgan fingerprint density at radius 2 is 1.55 bits per heavy atom. The van der Waals surface area contributed by atoms with Crippen molar-refractivity contribution in [3.63, 3.8) is 0 Å². The number of urea groups is 1. The van der Waals surface area contributed by atoms with E-state index >= 15 is 0 Å². The summed E-state index contributed by atoms with van der Waals surface area (Å²) in [6, 6.07) is 0.318. The molecule has 1 heterocycles. The van der Waals surface area contributed by atoms with E-state index in [0.717, 1.165) is 24.7 Å². The fourth-order valence-corrected chi connectivity index (χ4v) is 3.42. The highest BCUT2D eigenvalue weighted by Crippen LogP contribution is 2.29. The number of nitrogens with one attached hydrogen (secondary N) is 1. The van der Waals surface area contributed by atoms with Gasteiger partial charge < -0.3 is 19.9 Å². The number of piperazine rings is 1. The zero-order chi connectivity index (χ0) is 16.1. The first-order valence-electron chi connectivity index (χ1n) is 8.39. The summed E-state index contributed by atoms with van der Waals surface area (Å²) in [5.74, 6) is 1.54. The molecule has 1 N–H and O–H groups in total. The van der Waals surface area contributed by atoms with Crippen LogP contribution in [0.3, 0.4) is 0 Å². The molecule has 126 valence electrons. The molecule has 0 aromatic rings. The fourth-order valence-electron chi connectivity index (χ4n) is 3.42. The van der Waals surface area contributed by atoms with E-state index in [1.165, 1.54) is 20.0 Å². The molecule has 22 heavy (non-hydrogen) atoms. The molecule has 0 bridgehead atoms. The van der Waals surface area contributed by atoms with Crippen LogP contribution in [0.2, 0.25) is 0 Å². The number of nitrogens with zero attached hydrogens (tertiary/aromatic N) is 2. The van der Waals surface area contributed by atoms with E-state index < -0.39 is 0 Å². The maximum absolute atomic E-state index is 12.3. The number of amides is 3. The third-order valence-electron chi connectivity index (χ3n) is 5.04. The van der Waals surface area contributed by atoms with Crippen molar-refractivity contribution in [3.05, 3.63) is 0 Å².